The standard InChI is InChI=1S/C13H25N3/c1-6-13(4,5)16-9-15-8-12(16)11(7-14)10(2)3/h8-11H,6-7,14H2,1-5H3. The molecule has 92 valence electrons. The normalized spacial score (nSPS) is 14.4. The van der Waals surface area contributed by atoms with Gasteiger partial charge in [-0.1, -0.05) is 20.8 Å². The number of hydrogen-bond donors (Lipinski definition) is 1. The first-order valence-electron chi connectivity index (χ1n) is 6.16. The summed E-state index contributed by atoms with van der Waals surface area (Å²) >= 11 is 0. The van der Waals surface area contributed by atoms with E-state index in [0.29, 0.717) is 18.4 Å². The number of rotatable bonds is 5. The molecule has 0 fully saturated rings. The van der Waals surface area contributed by atoms with Crippen LogP contribution in [0.4, 0.5) is 0 Å². The summed E-state index contributed by atoms with van der Waals surface area (Å²) in [6.45, 7) is 11.8. The van der Waals surface area contributed by atoms with Crippen molar-refractivity contribution in [1.82, 2.24) is 9.55 Å². The Labute approximate surface area is 99.1 Å². The summed E-state index contributed by atoms with van der Waals surface area (Å²) in [5.74, 6) is 0.946. The maximum absolute atomic E-state index is 5.88. The molecule has 1 unspecified atom stereocenters. The molecule has 16 heavy (non-hydrogen) atoms. The Morgan fingerprint density at radius 2 is 2.06 bits per heavy atom. The Hall–Kier alpha value is -0.830. The van der Waals surface area contributed by atoms with Crippen molar-refractivity contribution in [1.29, 1.82) is 0 Å². The van der Waals surface area contributed by atoms with Crippen LogP contribution in [-0.4, -0.2) is 16.1 Å². The summed E-state index contributed by atoms with van der Waals surface area (Å²) in [6, 6.07) is 0. The molecule has 0 saturated heterocycles. The smallest absolute Gasteiger partial charge is 0.0953 e. The molecular weight excluding hydrogens is 198 g/mol. The molecular formula is C13H25N3. The average Bonchev–Trinajstić information content (AvgIpc) is 2.68. The lowest BCUT2D eigenvalue weighted by molar-refractivity contribution is 0.317. The van der Waals surface area contributed by atoms with Crippen LogP contribution >= 0.6 is 0 Å². The molecule has 3 heteroatoms. The van der Waals surface area contributed by atoms with E-state index in [2.05, 4.69) is 44.2 Å². The highest BCUT2D eigenvalue weighted by atomic mass is 15.1. The van der Waals surface area contributed by atoms with Crippen LogP contribution in [0.15, 0.2) is 12.5 Å². The van der Waals surface area contributed by atoms with E-state index in [9.17, 15) is 0 Å². The monoisotopic (exact) mass is 223 g/mol. The molecule has 1 aromatic rings. The quantitative estimate of drug-likeness (QED) is 0.834. The summed E-state index contributed by atoms with van der Waals surface area (Å²) in [7, 11) is 0. The molecule has 1 heterocycles. The molecule has 0 aliphatic rings. The van der Waals surface area contributed by atoms with Gasteiger partial charge in [-0.25, -0.2) is 4.98 Å². The molecule has 0 radical (unpaired) electrons. The van der Waals surface area contributed by atoms with Gasteiger partial charge in [-0.05, 0) is 26.2 Å². The fourth-order valence-electron chi connectivity index (χ4n) is 1.99. The molecule has 1 aromatic heterocycles. The molecule has 0 aliphatic carbocycles. The first-order chi connectivity index (χ1) is 7.44. The summed E-state index contributed by atoms with van der Waals surface area (Å²) in [4.78, 5) is 4.30. The number of aromatic nitrogens is 2. The van der Waals surface area contributed by atoms with Crippen LogP contribution in [0.1, 0.15) is 52.7 Å². The van der Waals surface area contributed by atoms with Gasteiger partial charge in [-0.15, -0.1) is 0 Å². The lowest BCUT2D eigenvalue weighted by atomic mass is 9.91. The highest BCUT2D eigenvalue weighted by Crippen LogP contribution is 2.29. The van der Waals surface area contributed by atoms with Gasteiger partial charge in [0.25, 0.3) is 0 Å². The van der Waals surface area contributed by atoms with Gasteiger partial charge in [0.2, 0.25) is 0 Å². The summed E-state index contributed by atoms with van der Waals surface area (Å²) in [5.41, 5.74) is 7.26. The number of imidazole rings is 1. The SMILES string of the molecule is CCC(C)(C)n1cncc1C(CN)C(C)C. The van der Waals surface area contributed by atoms with Crippen LogP contribution in [-0.2, 0) is 5.54 Å². The van der Waals surface area contributed by atoms with Gasteiger partial charge in [0.1, 0.15) is 0 Å². The van der Waals surface area contributed by atoms with Crippen LogP contribution in [0, 0.1) is 5.92 Å². The molecule has 0 aromatic carbocycles. The summed E-state index contributed by atoms with van der Waals surface area (Å²) < 4.78 is 2.28. The van der Waals surface area contributed by atoms with Gasteiger partial charge in [-0.2, -0.15) is 0 Å². The van der Waals surface area contributed by atoms with Gasteiger partial charge in [0, 0.05) is 29.9 Å². The molecule has 0 spiro atoms. The fourth-order valence-corrected chi connectivity index (χ4v) is 1.99. The van der Waals surface area contributed by atoms with E-state index in [4.69, 9.17) is 5.73 Å². The predicted octanol–water partition coefficient (Wildman–Crippen LogP) is 2.73. The highest BCUT2D eigenvalue weighted by molar-refractivity contribution is 5.11. The van der Waals surface area contributed by atoms with Crippen molar-refractivity contribution in [3.8, 4) is 0 Å². The molecule has 2 N–H and O–H groups in total. The van der Waals surface area contributed by atoms with E-state index in [0.717, 1.165) is 6.42 Å². The van der Waals surface area contributed by atoms with Crippen molar-refractivity contribution < 1.29 is 0 Å². The number of nitrogens with zero attached hydrogens (tertiary/aromatic N) is 2. The topological polar surface area (TPSA) is 43.8 Å². The highest BCUT2D eigenvalue weighted by Gasteiger charge is 2.25. The minimum atomic E-state index is 0.119. The second-order valence-corrected chi connectivity index (χ2v) is 5.44. The van der Waals surface area contributed by atoms with Crippen molar-refractivity contribution in [3.05, 3.63) is 18.2 Å². The van der Waals surface area contributed by atoms with E-state index in [-0.39, 0.29) is 5.54 Å². The molecule has 1 rings (SSSR count). The molecule has 0 saturated carbocycles. The Morgan fingerprint density at radius 3 is 2.50 bits per heavy atom. The lowest BCUT2D eigenvalue weighted by Crippen LogP contribution is -2.30. The number of nitrogens with two attached hydrogens (primary N) is 1. The Kier molecular flexibility index (Phi) is 4.14. The van der Waals surface area contributed by atoms with E-state index in [1.807, 2.05) is 12.5 Å². The zero-order valence-corrected chi connectivity index (χ0v) is 11.2. The zero-order valence-electron chi connectivity index (χ0n) is 11.2. The molecule has 0 amide bonds. The minimum absolute atomic E-state index is 0.119. The van der Waals surface area contributed by atoms with Gasteiger partial charge in [0.05, 0.1) is 6.33 Å². The fraction of sp³-hybridized carbons (Fsp3) is 0.769. The van der Waals surface area contributed by atoms with E-state index in [1.165, 1.54) is 5.69 Å². The van der Waals surface area contributed by atoms with Crippen LogP contribution in [0.25, 0.3) is 0 Å². The lowest BCUT2D eigenvalue weighted by Gasteiger charge is -2.30. The maximum atomic E-state index is 5.88. The van der Waals surface area contributed by atoms with Crippen LogP contribution in [0.2, 0.25) is 0 Å². The summed E-state index contributed by atoms with van der Waals surface area (Å²) in [5, 5.41) is 0. The van der Waals surface area contributed by atoms with E-state index >= 15 is 0 Å². The molecule has 3 nitrogen and oxygen atoms in total. The first kappa shape index (κ1) is 13.2. The molecule has 0 aliphatic heterocycles. The van der Waals surface area contributed by atoms with Crippen molar-refractivity contribution >= 4 is 0 Å². The van der Waals surface area contributed by atoms with E-state index in [1.54, 1.807) is 0 Å². The second-order valence-electron chi connectivity index (χ2n) is 5.44. The first-order valence-corrected chi connectivity index (χ1v) is 6.16. The number of hydrogen-bond acceptors (Lipinski definition) is 2. The molecule has 0 bridgehead atoms. The van der Waals surface area contributed by atoms with E-state index < -0.39 is 0 Å². The zero-order chi connectivity index (χ0) is 12.3. The van der Waals surface area contributed by atoms with Crippen molar-refractivity contribution in [2.75, 3.05) is 6.54 Å². The Balaban J connectivity index is 3.11. The van der Waals surface area contributed by atoms with Crippen molar-refractivity contribution in [3.63, 3.8) is 0 Å². The Bertz CT molecular complexity index is 326. The van der Waals surface area contributed by atoms with Gasteiger partial charge < -0.3 is 10.3 Å². The van der Waals surface area contributed by atoms with Gasteiger partial charge in [0.15, 0.2) is 0 Å². The maximum Gasteiger partial charge on any atom is 0.0953 e. The minimum Gasteiger partial charge on any atom is -0.330 e. The van der Waals surface area contributed by atoms with Crippen LogP contribution in [0.5, 0.6) is 0 Å². The van der Waals surface area contributed by atoms with Gasteiger partial charge >= 0.3 is 0 Å². The third-order valence-electron chi connectivity index (χ3n) is 3.62. The predicted molar refractivity (Wildman–Crippen MR) is 68.5 cm³/mol. The molecule has 1 atom stereocenters. The van der Waals surface area contributed by atoms with Gasteiger partial charge in [-0.3, -0.25) is 0 Å². The third kappa shape index (κ3) is 2.46. The average molecular weight is 223 g/mol. The second kappa shape index (κ2) is 5.00. The van der Waals surface area contributed by atoms with Crippen molar-refractivity contribution in [2.24, 2.45) is 11.7 Å². The summed E-state index contributed by atoms with van der Waals surface area (Å²) in [6.07, 6.45) is 4.99. The van der Waals surface area contributed by atoms with Crippen molar-refractivity contribution in [2.45, 2.75) is 52.5 Å². The van der Waals surface area contributed by atoms with Crippen LogP contribution in [0.3, 0.4) is 0 Å². The third-order valence-corrected chi connectivity index (χ3v) is 3.62. The van der Waals surface area contributed by atoms with Crippen LogP contribution < -0.4 is 5.73 Å². The largest absolute Gasteiger partial charge is 0.330 e. The Morgan fingerprint density at radius 1 is 1.44 bits per heavy atom.